The van der Waals surface area contributed by atoms with E-state index in [1.165, 1.54) is 6.20 Å². The van der Waals surface area contributed by atoms with E-state index in [4.69, 9.17) is 0 Å². The fourth-order valence-electron chi connectivity index (χ4n) is 1.51. The summed E-state index contributed by atoms with van der Waals surface area (Å²) < 4.78 is 22.6. The molecule has 0 atom stereocenters. The Morgan fingerprint density at radius 3 is 2.68 bits per heavy atom. The van der Waals surface area contributed by atoms with Crippen molar-refractivity contribution in [3.63, 3.8) is 0 Å². The summed E-state index contributed by atoms with van der Waals surface area (Å²) in [7, 11) is -1.35. The molecule has 6 nitrogen and oxygen atoms in total. The van der Waals surface area contributed by atoms with Crippen molar-refractivity contribution < 1.29 is 13.2 Å². The van der Waals surface area contributed by atoms with Gasteiger partial charge in [-0.15, -0.1) is 0 Å². The van der Waals surface area contributed by atoms with Crippen LogP contribution >= 0.6 is 0 Å². The molecule has 0 bridgehead atoms. The van der Waals surface area contributed by atoms with Crippen molar-refractivity contribution in [3.05, 3.63) is 23.5 Å². The Balaban J connectivity index is 2.69. The van der Waals surface area contributed by atoms with Crippen molar-refractivity contribution in [2.45, 2.75) is 13.8 Å². The highest BCUT2D eigenvalue weighted by molar-refractivity contribution is 7.91. The smallest absolute Gasteiger partial charge is 0.254 e. The molecule has 0 saturated carbocycles. The highest BCUT2D eigenvalue weighted by Gasteiger charge is 2.13. The van der Waals surface area contributed by atoms with Crippen LogP contribution in [0.1, 0.15) is 23.0 Å². The van der Waals surface area contributed by atoms with Crippen molar-refractivity contribution in [3.8, 4) is 0 Å². The normalized spacial score (nSPS) is 11.1. The number of amides is 1. The Kier molecular flexibility index (Phi) is 5.29. The average Bonchev–Trinajstić information content (AvgIpc) is 2.38. The van der Waals surface area contributed by atoms with Crippen molar-refractivity contribution in [2.24, 2.45) is 0 Å². The number of pyridine rings is 1. The van der Waals surface area contributed by atoms with E-state index in [-0.39, 0.29) is 24.0 Å². The van der Waals surface area contributed by atoms with Gasteiger partial charge in [-0.1, -0.05) is 6.92 Å². The Morgan fingerprint density at radius 1 is 1.42 bits per heavy atom. The van der Waals surface area contributed by atoms with Crippen LogP contribution in [0.15, 0.2) is 12.3 Å². The van der Waals surface area contributed by atoms with Crippen molar-refractivity contribution in [1.29, 1.82) is 0 Å². The third kappa shape index (κ3) is 4.51. The van der Waals surface area contributed by atoms with Crippen molar-refractivity contribution >= 4 is 21.4 Å². The van der Waals surface area contributed by atoms with E-state index in [1.54, 1.807) is 20.0 Å². The average molecular weight is 285 g/mol. The summed E-state index contributed by atoms with van der Waals surface area (Å²) >= 11 is 0. The number of anilines is 1. The Bertz CT molecular complexity index is 555. The number of nitrogens with zero attached hydrogens (tertiary/aromatic N) is 1. The molecule has 0 aromatic carbocycles. The molecular weight excluding hydrogens is 266 g/mol. The van der Waals surface area contributed by atoms with Crippen LogP contribution in [0, 0.1) is 6.92 Å². The summed E-state index contributed by atoms with van der Waals surface area (Å²) in [6.45, 7) is 3.52. The van der Waals surface area contributed by atoms with E-state index in [0.29, 0.717) is 11.3 Å². The first kappa shape index (κ1) is 15.4. The van der Waals surface area contributed by atoms with Gasteiger partial charge in [0, 0.05) is 31.2 Å². The topological polar surface area (TPSA) is 88.2 Å². The number of aryl methyl sites for hydroxylation is 1. The van der Waals surface area contributed by atoms with E-state index in [2.05, 4.69) is 15.6 Å². The first-order valence-electron chi connectivity index (χ1n) is 6.02. The van der Waals surface area contributed by atoms with E-state index < -0.39 is 9.84 Å². The minimum Gasteiger partial charge on any atom is -0.387 e. The van der Waals surface area contributed by atoms with Crippen molar-refractivity contribution in [1.82, 2.24) is 10.3 Å². The minimum absolute atomic E-state index is 0.0522. The molecule has 0 spiro atoms. The zero-order valence-corrected chi connectivity index (χ0v) is 12.2. The predicted octanol–water partition coefficient (Wildman–Crippen LogP) is 0.596. The fraction of sp³-hybridized carbons (Fsp3) is 0.500. The summed E-state index contributed by atoms with van der Waals surface area (Å²) in [4.78, 5) is 16.0. The van der Waals surface area contributed by atoms with Crippen LogP contribution in [0.2, 0.25) is 0 Å². The Labute approximate surface area is 113 Å². The lowest BCUT2D eigenvalue weighted by atomic mass is 10.2. The molecule has 0 aliphatic rings. The maximum Gasteiger partial charge on any atom is 0.254 e. The molecule has 0 aliphatic heterocycles. The van der Waals surface area contributed by atoms with Gasteiger partial charge in [0.1, 0.15) is 0 Å². The van der Waals surface area contributed by atoms with Gasteiger partial charge in [0.05, 0.1) is 17.0 Å². The van der Waals surface area contributed by atoms with Crippen LogP contribution in [-0.4, -0.2) is 44.4 Å². The van der Waals surface area contributed by atoms with Gasteiger partial charge in [-0.25, -0.2) is 8.42 Å². The van der Waals surface area contributed by atoms with E-state index in [9.17, 15) is 13.2 Å². The predicted molar refractivity (Wildman–Crippen MR) is 75.2 cm³/mol. The first-order valence-corrected chi connectivity index (χ1v) is 7.84. The number of nitrogens with one attached hydrogen (secondary N) is 2. The number of carbonyl (C=O) groups excluding carboxylic acids is 1. The summed E-state index contributed by atoms with van der Waals surface area (Å²) in [5.74, 6) is -0.302. The first-order chi connectivity index (χ1) is 8.89. The molecule has 106 valence electrons. The lowest BCUT2D eigenvalue weighted by Crippen LogP contribution is -2.30. The van der Waals surface area contributed by atoms with Gasteiger partial charge in [0.25, 0.3) is 5.91 Å². The van der Waals surface area contributed by atoms with Gasteiger partial charge in [0.15, 0.2) is 9.84 Å². The third-order valence-electron chi connectivity index (χ3n) is 2.69. The van der Waals surface area contributed by atoms with Gasteiger partial charge in [-0.3, -0.25) is 9.78 Å². The minimum atomic E-state index is -3.07. The second-order valence-electron chi connectivity index (χ2n) is 4.11. The van der Waals surface area contributed by atoms with E-state index in [1.807, 2.05) is 6.92 Å². The summed E-state index contributed by atoms with van der Waals surface area (Å²) in [5.41, 5.74) is 1.87. The molecule has 1 aromatic heterocycles. The number of sulfone groups is 1. The molecule has 1 amide bonds. The van der Waals surface area contributed by atoms with Crippen LogP contribution in [0.25, 0.3) is 0 Å². The molecule has 0 saturated heterocycles. The molecule has 0 aliphatic carbocycles. The number of hydrogen-bond acceptors (Lipinski definition) is 5. The van der Waals surface area contributed by atoms with Crippen LogP contribution in [0.5, 0.6) is 0 Å². The SMILES string of the molecule is CCS(=O)(=O)CCNC(=O)c1cnc(C)cc1NC. The van der Waals surface area contributed by atoms with Gasteiger partial charge >= 0.3 is 0 Å². The zero-order valence-electron chi connectivity index (χ0n) is 11.4. The lowest BCUT2D eigenvalue weighted by Gasteiger charge is -2.10. The van der Waals surface area contributed by atoms with Gasteiger partial charge in [-0.05, 0) is 13.0 Å². The maximum atomic E-state index is 11.9. The summed E-state index contributed by atoms with van der Waals surface area (Å²) in [5, 5.41) is 5.50. The van der Waals surface area contributed by atoms with E-state index >= 15 is 0 Å². The molecule has 1 aromatic rings. The standard InChI is InChI=1S/C12H19N3O3S/c1-4-19(17,18)6-5-14-12(16)10-8-15-9(2)7-11(10)13-3/h7-8H,4-6H2,1-3H3,(H,13,15)(H,14,16). The van der Waals surface area contributed by atoms with Gasteiger partial charge < -0.3 is 10.6 Å². The molecule has 19 heavy (non-hydrogen) atoms. The van der Waals surface area contributed by atoms with Crippen molar-refractivity contribution in [2.75, 3.05) is 30.4 Å². The Hall–Kier alpha value is -1.63. The molecule has 2 N–H and O–H groups in total. The second-order valence-corrected chi connectivity index (χ2v) is 6.59. The van der Waals surface area contributed by atoms with Crippen LogP contribution in [0.4, 0.5) is 5.69 Å². The molecular formula is C12H19N3O3S. The zero-order chi connectivity index (χ0) is 14.5. The summed E-state index contributed by atoms with van der Waals surface area (Å²) in [6.07, 6.45) is 1.48. The van der Waals surface area contributed by atoms with Gasteiger partial charge in [0.2, 0.25) is 0 Å². The highest BCUT2D eigenvalue weighted by Crippen LogP contribution is 2.14. The highest BCUT2D eigenvalue weighted by atomic mass is 32.2. The monoisotopic (exact) mass is 285 g/mol. The van der Waals surface area contributed by atoms with Crippen LogP contribution < -0.4 is 10.6 Å². The largest absolute Gasteiger partial charge is 0.387 e. The third-order valence-corrected chi connectivity index (χ3v) is 4.40. The van der Waals surface area contributed by atoms with Crippen LogP contribution in [0.3, 0.4) is 0 Å². The number of hydrogen-bond donors (Lipinski definition) is 2. The molecule has 0 unspecified atom stereocenters. The molecule has 1 heterocycles. The number of aromatic nitrogens is 1. The fourth-order valence-corrected chi connectivity index (χ4v) is 2.21. The quantitative estimate of drug-likeness (QED) is 0.799. The van der Waals surface area contributed by atoms with Gasteiger partial charge in [-0.2, -0.15) is 0 Å². The summed E-state index contributed by atoms with van der Waals surface area (Å²) in [6, 6.07) is 1.76. The maximum absolute atomic E-state index is 11.9. The molecule has 1 rings (SSSR count). The Morgan fingerprint density at radius 2 is 2.11 bits per heavy atom. The number of rotatable bonds is 6. The van der Waals surface area contributed by atoms with E-state index in [0.717, 1.165) is 5.69 Å². The number of carbonyl (C=O) groups is 1. The molecule has 0 fully saturated rings. The molecule has 0 radical (unpaired) electrons. The second kappa shape index (κ2) is 6.51. The molecule has 7 heteroatoms. The van der Waals surface area contributed by atoms with Crippen LogP contribution in [-0.2, 0) is 9.84 Å². The lowest BCUT2D eigenvalue weighted by molar-refractivity contribution is 0.0956.